The zero-order valence-corrected chi connectivity index (χ0v) is 3.62. The normalized spacial score (nSPS) is 25.8. The van der Waals surface area contributed by atoms with Gasteiger partial charge in [0.05, 0.1) is 20.1 Å². The van der Waals surface area contributed by atoms with Crippen molar-refractivity contribution in [3.63, 3.8) is 0 Å². The monoisotopic (exact) mass is 72.1 g/mol. The minimum Gasteiger partial charge on any atom is -0.337 e. The number of hydrogen-bond donors (Lipinski definition) is 1. The predicted octanol–water partition coefficient (Wildman–Crippen LogP) is -1.10. The van der Waals surface area contributed by atoms with Gasteiger partial charge >= 0.3 is 0 Å². The molecular formula is C4H10N+. The molecule has 5 heavy (non-hydrogen) atoms. The Balaban J connectivity index is 2.08. The summed E-state index contributed by atoms with van der Waals surface area (Å²) in [5.41, 5.74) is 0. The first-order valence-electron chi connectivity index (χ1n) is 2.21. The lowest BCUT2D eigenvalue weighted by Crippen LogP contribution is -3.15. The summed E-state index contributed by atoms with van der Waals surface area (Å²) in [7, 11) is 2.23. The average molecular weight is 72.1 g/mol. The van der Waals surface area contributed by atoms with Gasteiger partial charge < -0.3 is 4.90 Å². The van der Waals surface area contributed by atoms with Gasteiger partial charge in [-0.25, -0.2) is 0 Å². The van der Waals surface area contributed by atoms with Crippen molar-refractivity contribution in [2.24, 2.45) is 0 Å². The van der Waals surface area contributed by atoms with Crippen molar-refractivity contribution < 1.29 is 4.90 Å². The van der Waals surface area contributed by atoms with Crippen molar-refractivity contribution in [2.45, 2.75) is 6.42 Å². The second-order valence-electron chi connectivity index (χ2n) is 1.81. The van der Waals surface area contributed by atoms with Crippen molar-refractivity contribution >= 4 is 0 Å². The molecule has 0 radical (unpaired) electrons. The Morgan fingerprint density at radius 1 is 1.40 bits per heavy atom. The zero-order valence-electron chi connectivity index (χ0n) is 3.62. The zero-order chi connectivity index (χ0) is 3.70. The summed E-state index contributed by atoms with van der Waals surface area (Å²) in [6.45, 7) is 2.81. The van der Waals surface area contributed by atoms with Gasteiger partial charge in [0.15, 0.2) is 0 Å². The van der Waals surface area contributed by atoms with Gasteiger partial charge in [-0.2, -0.15) is 0 Å². The van der Waals surface area contributed by atoms with Crippen molar-refractivity contribution in [2.75, 3.05) is 20.1 Å². The summed E-state index contributed by atoms with van der Waals surface area (Å²) in [5.74, 6) is 0. The van der Waals surface area contributed by atoms with E-state index in [-0.39, 0.29) is 0 Å². The Labute approximate surface area is 32.6 Å². The fourth-order valence-corrected chi connectivity index (χ4v) is 0.530. The molecule has 0 bridgehead atoms. The molecule has 0 spiro atoms. The molecule has 0 atom stereocenters. The maximum Gasteiger partial charge on any atom is 0.0823 e. The Kier molecular flexibility index (Phi) is 0.618. The molecule has 1 rings (SSSR count). The Morgan fingerprint density at radius 2 is 1.80 bits per heavy atom. The molecule has 1 saturated heterocycles. The van der Waals surface area contributed by atoms with E-state index in [0.717, 1.165) is 0 Å². The van der Waals surface area contributed by atoms with E-state index in [2.05, 4.69) is 7.05 Å². The van der Waals surface area contributed by atoms with E-state index in [1.54, 1.807) is 4.90 Å². The number of rotatable bonds is 0. The first-order chi connectivity index (χ1) is 2.39. The largest absolute Gasteiger partial charge is 0.337 e. The van der Waals surface area contributed by atoms with Crippen LogP contribution >= 0.6 is 0 Å². The lowest BCUT2D eigenvalue weighted by molar-refractivity contribution is -0.919. The van der Waals surface area contributed by atoms with E-state index >= 15 is 0 Å². The Bertz CT molecular complexity index is 30.6. The fraction of sp³-hybridized carbons (Fsp3) is 1.00. The molecule has 1 aliphatic heterocycles. The highest BCUT2D eigenvalue weighted by atomic mass is 15.1. The molecular weight excluding hydrogens is 62.1 g/mol. The van der Waals surface area contributed by atoms with Crippen molar-refractivity contribution in [1.29, 1.82) is 0 Å². The molecule has 1 N–H and O–H groups in total. The van der Waals surface area contributed by atoms with Crippen LogP contribution in [0.3, 0.4) is 0 Å². The minimum absolute atomic E-state index is 1.40. The van der Waals surface area contributed by atoms with Crippen LogP contribution in [0.5, 0.6) is 0 Å². The fourth-order valence-electron chi connectivity index (χ4n) is 0.530. The van der Waals surface area contributed by atoms with Crippen LogP contribution in [0.1, 0.15) is 6.42 Å². The van der Waals surface area contributed by atoms with Crippen LogP contribution in [-0.2, 0) is 0 Å². The number of hydrogen-bond acceptors (Lipinski definition) is 0. The SMILES string of the molecule is C[NH+]1CCC1. The van der Waals surface area contributed by atoms with E-state index in [1.165, 1.54) is 19.5 Å². The molecule has 1 aliphatic rings. The van der Waals surface area contributed by atoms with Gasteiger partial charge in [0.25, 0.3) is 0 Å². The first kappa shape index (κ1) is 3.16. The molecule has 0 unspecified atom stereocenters. The van der Waals surface area contributed by atoms with Gasteiger partial charge in [-0.3, -0.25) is 0 Å². The van der Waals surface area contributed by atoms with Crippen molar-refractivity contribution in [3.05, 3.63) is 0 Å². The van der Waals surface area contributed by atoms with E-state index in [0.29, 0.717) is 0 Å². The molecule has 30 valence electrons. The Hall–Kier alpha value is -0.0400. The summed E-state index contributed by atoms with van der Waals surface area (Å²) < 4.78 is 0. The van der Waals surface area contributed by atoms with Crippen LogP contribution in [-0.4, -0.2) is 20.1 Å². The topological polar surface area (TPSA) is 4.44 Å². The van der Waals surface area contributed by atoms with Crippen molar-refractivity contribution in [3.8, 4) is 0 Å². The van der Waals surface area contributed by atoms with E-state index in [9.17, 15) is 0 Å². The highest BCUT2D eigenvalue weighted by molar-refractivity contribution is 4.36. The molecule has 1 heteroatoms. The smallest absolute Gasteiger partial charge is 0.0823 e. The number of nitrogens with one attached hydrogen (secondary N) is 1. The van der Waals surface area contributed by atoms with Gasteiger partial charge in [-0.15, -0.1) is 0 Å². The quantitative estimate of drug-likeness (QED) is 0.370. The van der Waals surface area contributed by atoms with Crippen LogP contribution in [0.25, 0.3) is 0 Å². The minimum atomic E-state index is 1.40. The van der Waals surface area contributed by atoms with Crippen LogP contribution in [0, 0.1) is 0 Å². The maximum absolute atomic E-state index is 2.23. The summed E-state index contributed by atoms with van der Waals surface area (Å²) >= 11 is 0. The van der Waals surface area contributed by atoms with Gasteiger partial charge in [0.1, 0.15) is 0 Å². The molecule has 1 heterocycles. The van der Waals surface area contributed by atoms with Gasteiger partial charge in [-0.05, 0) is 0 Å². The van der Waals surface area contributed by atoms with E-state index in [1.807, 2.05) is 0 Å². The average Bonchev–Trinajstić information content (AvgIpc) is 1.30. The second kappa shape index (κ2) is 0.977. The molecule has 0 aromatic carbocycles. The predicted molar refractivity (Wildman–Crippen MR) is 21.2 cm³/mol. The van der Waals surface area contributed by atoms with E-state index in [4.69, 9.17) is 0 Å². The molecule has 0 saturated carbocycles. The molecule has 0 aromatic heterocycles. The van der Waals surface area contributed by atoms with Crippen LogP contribution in [0.2, 0.25) is 0 Å². The maximum atomic E-state index is 2.23. The van der Waals surface area contributed by atoms with Crippen LogP contribution in [0.15, 0.2) is 0 Å². The van der Waals surface area contributed by atoms with Gasteiger partial charge in [0.2, 0.25) is 0 Å². The highest BCUT2D eigenvalue weighted by Crippen LogP contribution is 1.71. The first-order valence-corrected chi connectivity index (χ1v) is 2.21. The molecule has 1 nitrogen and oxygen atoms in total. The van der Waals surface area contributed by atoms with Gasteiger partial charge in [0, 0.05) is 6.42 Å². The third-order valence-electron chi connectivity index (χ3n) is 1.21. The van der Waals surface area contributed by atoms with Crippen molar-refractivity contribution in [1.82, 2.24) is 0 Å². The lowest BCUT2D eigenvalue weighted by atomic mass is 10.3. The van der Waals surface area contributed by atoms with Crippen LogP contribution in [0.4, 0.5) is 0 Å². The summed E-state index contributed by atoms with van der Waals surface area (Å²) in [4.78, 5) is 1.69. The van der Waals surface area contributed by atoms with Gasteiger partial charge in [-0.1, -0.05) is 0 Å². The Morgan fingerprint density at radius 3 is 1.80 bits per heavy atom. The molecule has 0 amide bonds. The summed E-state index contributed by atoms with van der Waals surface area (Å²) in [6, 6.07) is 0. The lowest BCUT2D eigenvalue weighted by Gasteiger charge is -2.20. The second-order valence-corrected chi connectivity index (χ2v) is 1.81. The molecule has 0 aromatic rings. The standard InChI is InChI=1S/C4H9N/c1-5-3-2-4-5/h2-4H2,1H3/p+1. The highest BCUT2D eigenvalue weighted by Gasteiger charge is 2.09. The third-order valence-corrected chi connectivity index (χ3v) is 1.21. The van der Waals surface area contributed by atoms with E-state index < -0.39 is 0 Å². The molecule has 0 aliphatic carbocycles. The third kappa shape index (κ3) is 0.428. The number of quaternary nitrogens is 1. The summed E-state index contributed by atoms with van der Waals surface area (Å²) in [6.07, 6.45) is 1.45. The van der Waals surface area contributed by atoms with Crippen LogP contribution < -0.4 is 4.90 Å². The molecule has 1 fully saturated rings. The summed E-state index contributed by atoms with van der Waals surface area (Å²) in [5, 5.41) is 0. The number of likely N-dealkylation sites (tertiary alicyclic amines) is 1.